The van der Waals surface area contributed by atoms with Crippen LogP contribution in [0, 0.1) is 10.1 Å². The van der Waals surface area contributed by atoms with E-state index >= 15 is 0 Å². The number of rotatable bonds is 9. The first-order valence-corrected chi connectivity index (χ1v) is 9.30. The third kappa shape index (κ3) is 5.42. The first-order chi connectivity index (χ1) is 14.0. The van der Waals surface area contributed by atoms with Gasteiger partial charge in [-0.15, -0.1) is 0 Å². The molecule has 29 heavy (non-hydrogen) atoms. The number of nitro benzene ring substituents is 1. The summed E-state index contributed by atoms with van der Waals surface area (Å²) in [5.74, 6) is -0.353. The van der Waals surface area contributed by atoms with Crippen molar-refractivity contribution in [1.29, 1.82) is 0 Å². The molecule has 1 N–H and O–H groups in total. The van der Waals surface area contributed by atoms with E-state index in [1.54, 1.807) is 24.3 Å². The van der Waals surface area contributed by atoms with Crippen LogP contribution in [0.3, 0.4) is 0 Å². The van der Waals surface area contributed by atoms with Crippen LogP contribution in [0.4, 0.5) is 5.69 Å². The lowest BCUT2D eigenvalue weighted by molar-refractivity contribution is -0.384. The SMILES string of the molecule is O=C(O)c1ccccc1CCCc1cc([N+](=O)[O-])ccc1OCc1ccccc1. The molecule has 3 aromatic rings. The number of hydrogen-bond donors (Lipinski definition) is 1. The Labute approximate surface area is 168 Å². The van der Waals surface area contributed by atoms with Crippen LogP contribution in [-0.4, -0.2) is 16.0 Å². The standard InChI is InChI=1S/C23H21NO5/c25-23(26)21-12-5-4-9-18(21)10-6-11-19-15-20(24(27)28)13-14-22(19)29-16-17-7-2-1-3-8-17/h1-5,7-9,12-15H,6,10-11,16H2,(H,25,26). The number of benzene rings is 3. The smallest absolute Gasteiger partial charge is 0.335 e. The van der Waals surface area contributed by atoms with Gasteiger partial charge >= 0.3 is 5.97 Å². The van der Waals surface area contributed by atoms with E-state index in [4.69, 9.17) is 4.74 Å². The van der Waals surface area contributed by atoms with E-state index in [9.17, 15) is 20.0 Å². The van der Waals surface area contributed by atoms with Crippen LogP contribution in [0.25, 0.3) is 0 Å². The summed E-state index contributed by atoms with van der Waals surface area (Å²) in [4.78, 5) is 22.1. The summed E-state index contributed by atoms with van der Waals surface area (Å²) in [7, 11) is 0. The first kappa shape index (κ1) is 20.1. The van der Waals surface area contributed by atoms with Crippen molar-refractivity contribution in [2.24, 2.45) is 0 Å². The Morgan fingerprint density at radius 1 is 0.931 bits per heavy atom. The molecule has 0 aliphatic heterocycles. The summed E-state index contributed by atoms with van der Waals surface area (Å²) >= 11 is 0. The fraction of sp³-hybridized carbons (Fsp3) is 0.174. The number of nitrogens with zero attached hydrogens (tertiary/aromatic N) is 1. The number of carboxylic acids is 1. The Bertz CT molecular complexity index is 1000. The molecule has 0 spiro atoms. The minimum Gasteiger partial charge on any atom is -0.489 e. The highest BCUT2D eigenvalue weighted by Crippen LogP contribution is 2.27. The molecule has 0 fully saturated rings. The third-order valence-corrected chi connectivity index (χ3v) is 4.63. The largest absolute Gasteiger partial charge is 0.489 e. The van der Waals surface area contributed by atoms with Gasteiger partial charge in [-0.25, -0.2) is 4.79 Å². The van der Waals surface area contributed by atoms with E-state index in [0.717, 1.165) is 16.7 Å². The van der Waals surface area contributed by atoms with Crippen LogP contribution in [0.5, 0.6) is 5.75 Å². The van der Waals surface area contributed by atoms with Crippen LogP contribution in [0.15, 0.2) is 72.8 Å². The topological polar surface area (TPSA) is 89.7 Å². The second kappa shape index (κ2) is 9.50. The molecule has 0 aliphatic carbocycles. The molecular weight excluding hydrogens is 370 g/mol. The molecule has 0 bridgehead atoms. The average molecular weight is 391 g/mol. The lowest BCUT2D eigenvalue weighted by atomic mass is 9.99. The number of hydrogen-bond acceptors (Lipinski definition) is 4. The number of carboxylic acid groups (broad SMARTS) is 1. The molecule has 0 saturated heterocycles. The Morgan fingerprint density at radius 3 is 2.34 bits per heavy atom. The van der Waals surface area contributed by atoms with Crippen molar-refractivity contribution in [2.75, 3.05) is 0 Å². The van der Waals surface area contributed by atoms with Gasteiger partial charge in [0.2, 0.25) is 0 Å². The highest BCUT2D eigenvalue weighted by molar-refractivity contribution is 5.89. The lowest BCUT2D eigenvalue weighted by Crippen LogP contribution is -2.04. The number of carbonyl (C=O) groups is 1. The summed E-state index contributed by atoms with van der Waals surface area (Å²) in [5.41, 5.74) is 2.79. The minimum atomic E-state index is -0.956. The number of non-ortho nitro benzene ring substituents is 1. The van der Waals surface area contributed by atoms with Gasteiger partial charge in [-0.3, -0.25) is 10.1 Å². The maximum absolute atomic E-state index is 11.4. The van der Waals surface area contributed by atoms with E-state index in [0.29, 0.717) is 31.6 Å². The van der Waals surface area contributed by atoms with E-state index in [-0.39, 0.29) is 11.3 Å². The Morgan fingerprint density at radius 2 is 1.62 bits per heavy atom. The summed E-state index contributed by atoms with van der Waals surface area (Å²) in [6.07, 6.45) is 1.75. The molecule has 6 nitrogen and oxygen atoms in total. The molecule has 0 radical (unpaired) electrons. The highest BCUT2D eigenvalue weighted by Gasteiger charge is 2.13. The van der Waals surface area contributed by atoms with Crippen LogP contribution < -0.4 is 4.74 Å². The molecule has 0 saturated carbocycles. The van der Waals surface area contributed by atoms with E-state index in [1.165, 1.54) is 12.1 Å². The van der Waals surface area contributed by atoms with Crippen molar-refractivity contribution in [3.05, 3.63) is 105 Å². The number of aryl methyl sites for hydroxylation is 2. The van der Waals surface area contributed by atoms with Gasteiger partial charge in [-0.05, 0) is 42.5 Å². The van der Waals surface area contributed by atoms with Crippen LogP contribution in [0.2, 0.25) is 0 Å². The molecule has 3 aromatic carbocycles. The van der Waals surface area contributed by atoms with Crippen molar-refractivity contribution in [3.8, 4) is 5.75 Å². The fourth-order valence-electron chi connectivity index (χ4n) is 3.17. The van der Waals surface area contributed by atoms with Gasteiger partial charge in [0.25, 0.3) is 5.69 Å². The molecule has 148 valence electrons. The van der Waals surface area contributed by atoms with Crippen molar-refractivity contribution in [3.63, 3.8) is 0 Å². The highest BCUT2D eigenvalue weighted by atomic mass is 16.6. The van der Waals surface area contributed by atoms with Crippen LogP contribution in [-0.2, 0) is 19.4 Å². The molecule has 6 heteroatoms. The van der Waals surface area contributed by atoms with Gasteiger partial charge in [-0.1, -0.05) is 48.5 Å². The number of ether oxygens (including phenoxy) is 1. The van der Waals surface area contributed by atoms with Crippen molar-refractivity contribution < 1.29 is 19.6 Å². The average Bonchev–Trinajstić information content (AvgIpc) is 2.73. The lowest BCUT2D eigenvalue weighted by Gasteiger charge is -2.12. The number of nitro groups is 1. The zero-order chi connectivity index (χ0) is 20.6. The van der Waals surface area contributed by atoms with Gasteiger partial charge in [0, 0.05) is 17.7 Å². The van der Waals surface area contributed by atoms with Crippen LogP contribution in [0.1, 0.15) is 33.5 Å². The van der Waals surface area contributed by atoms with Crippen molar-refractivity contribution >= 4 is 11.7 Å². The zero-order valence-electron chi connectivity index (χ0n) is 15.8. The molecule has 0 heterocycles. The Balaban J connectivity index is 1.73. The summed E-state index contributed by atoms with van der Waals surface area (Å²) in [6, 6.07) is 21.2. The normalized spacial score (nSPS) is 10.5. The monoisotopic (exact) mass is 391 g/mol. The summed E-state index contributed by atoms with van der Waals surface area (Å²) < 4.78 is 5.91. The van der Waals surface area contributed by atoms with Gasteiger partial charge in [0.05, 0.1) is 10.5 Å². The maximum Gasteiger partial charge on any atom is 0.335 e. The molecule has 0 atom stereocenters. The Hall–Kier alpha value is -3.67. The first-order valence-electron chi connectivity index (χ1n) is 9.30. The molecule has 0 unspecified atom stereocenters. The predicted molar refractivity (Wildman–Crippen MR) is 109 cm³/mol. The zero-order valence-corrected chi connectivity index (χ0v) is 15.8. The van der Waals surface area contributed by atoms with Crippen LogP contribution >= 0.6 is 0 Å². The van der Waals surface area contributed by atoms with Gasteiger partial charge in [0.1, 0.15) is 12.4 Å². The summed E-state index contributed by atoms with van der Waals surface area (Å²) in [5, 5.41) is 20.5. The second-order valence-corrected chi connectivity index (χ2v) is 6.64. The summed E-state index contributed by atoms with van der Waals surface area (Å²) in [6.45, 7) is 0.369. The quantitative estimate of drug-likeness (QED) is 0.407. The molecule has 0 aliphatic rings. The Kier molecular flexibility index (Phi) is 6.58. The third-order valence-electron chi connectivity index (χ3n) is 4.63. The number of aromatic carboxylic acids is 1. The van der Waals surface area contributed by atoms with Crippen molar-refractivity contribution in [2.45, 2.75) is 25.9 Å². The molecular formula is C23H21NO5. The van der Waals surface area contributed by atoms with E-state index in [1.807, 2.05) is 36.4 Å². The van der Waals surface area contributed by atoms with E-state index < -0.39 is 10.9 Å². The second-order valence-electron chi connectivity index (χ2n) is 6.64. The van der Waals surface area contributed by atoms with Gasteiger partial charge < -0.3 is 9.84 Å². The van der Waals surface area contributed by atoms with Gasteiger partial charge in [-0.2, -0.15) is 0 Å². The maximum atomic E-state index is 11.4. The fourth-order valence-corrected chi connectivity index (χ4v) is 3.17. The van der Waals surface area contributed by atoms with Gasteiger partial charge in [0.15, 0.2) is 0 Å². The minimum absolute atomic E-state index is 0.0120. The molecule has 3 rings (SSSR count). The predicted octanol–water partition coefficient (Wildman–Crippen LogP) is 5.05. The van der Waals surface area contributed by atoms with E-state index in [2.05, 4.69) is 0 Å². The molecule has 0 amide bonds. The van der Waals surface area contributed by atoms with Crippen molar-refractivity contribution in [1.82, 2.24) is 0 Å². The molecule has 0 aromatic heterocycles.